The molecule has 1 amide bonds. The van der Waals surface area contributed by atoms with Gasteiger partial charge in [-0.3, -0.25) is 14.5 Å². The molecular weight excluding hydrogens is 279 g/mol. The molecule has 0 aliphatic rings. The molecule has 0 aliphatic heterocycles. The van der Waals surface area contributed by atoms with Gasteiger partial charge in [0, 0.05) is 13.7 Å². The number of carbonyl (C=O) groups excluding carboxylic acids is 2. The number of ketones is 1. The number of nitrogens with zero attached hydrogens (tertiary/aromatic N) is 1. The van der Waals surface area contributed by atoms with E-state index in [0.29, 0.717) is 13.2 Å². The van der Waals surface area contributed by atoms with Crippen LogP contribution in [0.1, 0.15) is 10.4 Å². The molecule has 6 nitrogen and oxygen atoms in total. The summed E-state index contributed by atoms with van der Waals surface area (Å²) >= 11 is 0. The largest absolute Gasteiger partial charge is 0.507 e. The van der Waals surface area contributed by atoms with E-state index in [2.05, 4.69) is 5.32 Å². The first kappa shape index (κ1) is 17.1. The molecule has 1 rings (SSSR count). The van der Waals surface area contributed by atoms with Crippen LogP contribution in [-0.2, 0) is 9.53 Å². The fraction of sp³-hybridized carbons (Fsp3) is 0.429. The topological polar surface area (TPSA) is 78.9 Å². The summed E-state index contributed by atoms with van der Waals surface area (Å²) < 4.78 is 17.9. The number of aromatic hydroxyl groups is 1. The maximum Gasteiger partial charge on any atom is 0.234 e. The van der Waals surface area contributed by atoms with E-state index in [1.54, 1.807) is 7.05 Å². The first-order chi connectivity index (χ1) is 9.93. The lowest BCUT2D eigenvalue weighted by Crippen LogP contribution is -2.38. The van der Waals surface area contributed by atoms with Crippen LogP contribution in [0.4, 0.5) is 4.39 Å². The van der Waals surface area contributed by atoms with Crippen molar-refractivity contribution in [1.29, 1.82) is 0 Å². The SMILES string of the molecule is COCCNC(=O)CN(C)CC(=O)c1cc(F)ccc1O. The summed E-state index contributed by atoms with van der Waals surface area (Å²) in [5.41, 5.74) is -0.0957. The average Bonchev–Trinajstić information content (AvgIpc) is 2.41. The van der Waals surface area contributed by atoms with E-state index in [1.807, 2.05) is 0 Å². The van der Waals surface area contributed by atoms with Crippen molar-refractivity contribution in [1.82, 2.24) is 10.2 Å². The minimum Gasteiger partial charge on any atom is -0.507 e. The van der Waals surface area contributed by atoms with E-state index in [-0.39, 0.29) is 30.3 Å². The van der Waals surface area contributed by atoms with Crippen molar-refractivity contribution in [2.75, 3.05) is 40.4 Å². The molecule has 0 heterocycles. The van der Waals surface area contributed by atoms with Gasteiger partial charge in [-0.15, -0.1) is 0 Å². The number of hydrogen-bond acceptors (Lipinski definition) is 5. The van der Waals surface area contributed by atoms with Gasteiger partial charge in [-0.05, 0) is 25.2 Å². The lowest BCUT2D eigenvalue weighted by atomic mass is 10.1. The molecule has 2 N–H and O–H groups in total. The van der Waals surface area contributed by atoms with Crippen LogP contribution >= 0.6 is 0 Å². The Balaban J connectivity index is 2.50. The lowest BCUT2D eigenvalue weighted by molar-refractivity contribution is -0.122. The second-order valence-corrected chi connectivity index (χ2v) is 4.60. The van der Waals surface area contributed by atoms with Crippen molar-refractivity contribution < 1.29 is 23.8 Å². The molecular formula is C14H19FN2O4. The summed E-state index contributed by atoms with van der Waals surface area (Å²) in [5.74, 6) is -1.58. The van der Waals surface area contributed by atoms with Gasteiger partial charge in [0.15, 0.2) is 5.78 Å². The standard InChI is InChI=1S/C14H19FN2O4/c1-17(9-14(20)16-5-6-21-2)8-13(19)11-7-10(15)3-4-12(11)18/h3-4,7,18H,5-6,8-9H2,1-2H3,(H,16,20). The number of Topliss-reactive ketones (excluding diaryl/α,β-unsaturated/α-hetero) is 1. The summed E-state index contributed by atoms with van der Waals surface area (Å²) in [5, 5.41) is 12.2. The van der Waals surface area contributed by atoms with Crippen molar-refractivity contribution in [3.8, 4) is 5.75 Å². The first-order valence-corrected chi connectivity index (χ1v) is 6.40. The lowest BCUT2D eigenvalue weighted by Gasteiger charge is -2.15. The highest BCUT2D eigenvalue weighted by Gasteiger charge is 2.16. The number of ether oxygens (including phenoxy) is 1. The molecule has 116 valence electrons. The highest BCUT2D eigenvalue weighted by atomic mass is 19.1. The Morgan fingerprint density at radius 1 is 1.38 bits per heavy atom. The van der Waals surface area contributed by atoms with E-state index < -0.39 is 11.6 Å². The molecule has 0 radical (unpaired) electrons. The van der Waals surface area contributed by atoms with Gasteiger partial charge in [0.05, 0.1) is 25.3 Å². The zero-order chi connectivity index (χ0) is 15.8. The normalized spacial score (nSPS) is 10.7. The van der Waals surface area contributed by atoms with Crippen molar-refractivity contribution in [3.05, 3.63) is 29.6 Å². The average molecular weight is 298 g/mol. The number of rotatable bonds is 8. The Bertz CT molecular complexity index is 508. The van der Waals surface area contributed by atoms with Crippen LogP contribution in [0.5, 0.6) is 5.75 Å². The summed E-state index contributed by atoms with van der Waals surface area (Å²) in [4.78, 5) is 25.0. The molecule has 0 fully saturated rings. The molecule has 1 aromatic rings. The zero-order valence-corrected chi connectivity index (χ0v) is 12.1. The molecule has 0 aromatic heterocycles. The molecule has 0 unspecified atom stereocenters. The van der Waals surface area contributed by atoms with Gasteiger partial charge in [0.1, 0.15) is 11.6 Å². The molecule has 21 heavy (non-hydrogen) atoms. The van der Waals surface area contributed by atoms with Gasteiger partial charge in [-0.2, -0.15) is 0 Å². The van der Waals surface area contributed by atoms with Crippen molar-refractivity contribution in [2.45, 2.75) is 0 Å². The number of phenols is 1. The molecule has 0 spiro atoms. The molecule has 7 heteroatoms. The van der Waals surface area contributed by atoms with Crippen LogP contribution in [0.2, 0.25) is 0 Å². The van der Waals surface area contributed by atoms with Crippen molar-refractivity contribution in [2.24, 2.45) is 0 Å². The summed E-state index contributed by atoms with van der Waals surface area (Å²) in [6, 6.07) is 3.17. The van der Waals surface area contributed by atoms with Gasteiger partial charge in [-0.1, -0.05) is 0 Å². The molecule has 1 aromatic carbocycles. The van der Waals surface area contributed by atoms with E-state index in [1.165, 1.54) is 12.0 Å². The highest BCUT2D eigenvalue weighted by Crippen LogP contribution is 2.18. The second kappa shape index (κ2) is 8.33. The predicted octanol–water partition coefficient (Wildman–Crippen LogP) is 0.408. The van der Waals surface area contributed by atoms with Crippen molar-refractivity contribution in [3.63, 3.8) is 0 Å². The molecule has 0 bridgehead atoms. The minimum atomic E-state index is -0.601. The number of halogens is 1. The van der Waals surface area contributed by atoms with Crippen LogP contribution in [-0.4, -0.2) is 62.1 Å². The number of amides is 1. The maximum atomic E-state index is 13.1. The minimum absolute atomic E-state index is 0.0194. The van der Waals surface area contributed by atoms with Gasteiger partial charge < -0.3 is 15.2 Å². The van der Waals surface area contributed by atoms with E-state index in [4.69, 9.17) is 4.74 Å². The van der Waals surface area contributed by atoms with Crippen LogP contribution in [0.15, 0.2) is 18.2 Å². The van der Waals surface area contributed by atoms with Crippen LogP contribution in [0.25, 0.3) is 0 Å². The fourth-order valence-electron chi connectivity index (χ4n) is 1.71. The molecule has 0 saturated heterocycles. The predicted molar refractivity (Wildman–Crippen MR) is 74.8 cm³/mol. The third kappa shape index (κ3) is 5.88. The summed E-state index contributed by atoms with van der Waals surface area (Å²) in [6.45, 7) is 0.716. The molecule has 0 atom stereocenters. The van der Waals surface area contributed by atoms with Gasteiger partial charge >= 0.3 is 0 Å². The number of phenolic OH excluding ortho intramolecular Hbond substituents is 1. The number of benzene rings is 1. The van der Waals surface area contributed by atoms with Gasteiger partial charge in [0.25, 0.3) is 0 Å². The fourth-order valence-corrected chi connectivity index (χ4v) is 1.71. The highest BCUT2D eigenvalue weighted by molar-refractivity contribution is 6.00. The number of likely N-dealkylation sites (N-methyl/N-ethyl adjacent to an activating group) is 1. The number of hydrogen-bond donors (Lipinski definition) is 2. The third-order valence-corrected chi connectivity index (χ3v) is 2.71. The second-order valence-electron chi connectivity index (χ2n) is 4.60. The Morgan fingerprint density at radius 2 is 2.10 bits per heavy atom. The Morgan fingerprint density at radius 3 is 2.76 bits per heavy atom. The number of methoxy groups -OCH3 is 1. The Labute approximate surface area is 122 Å². The smallest absolute Gasteiger partial charge is 0.234 e. The monoisotopic (exact) mass is 298 g/mol. The van der Waals surface area contributed by atoms with E-state index in [9.17, 15) is 19.1 Å². The summed E-state index contributed by atoms with van der Waals surface area (Å²) in [6.07, 6.45) is 0. The third-order valence-electron chi connectivity index (χ3n) is 2.71. The Hall–Kier alpha value is -1.99. The van der Waals surface area contributed by atoms with Gasteiger partial charge in [-0.25, -0.2) is 4.39 Å². The van der Waals surface area contributed by atoms with Crippen LogP contribution in [0, 0.1) is 5.82 Å². The van der Waals surface area contributed by atoms with Crippen molar-refractivity contribution >= 4 is 11.7 Å². The molecule has 0 aliphatic carbocycles. The van der Waals surface area contributed by atoms with Crippen LogP contribution < -0.4 is 5.32 Å². The molecule has 0 saturated carbocycles. The van der Waals surface area contributed by atoms with Gasteiger partial charge in [0.2, 0.25) is 5.91 Å². The maximum absolute atomic E-state index is 13.1. The summed E-state index contributed by atoms with van der Waals surface area (Å²) in [7, 11) is 3.12. The number of nitrogens with one attached hydrogen (secondary N) is 1. The van der Waals surface area contributed by atoms with Crippen LogP contribution in [0.3, 0.4) is 0 Å². The van der Waals surface area contributed by atoms with E-state index >= 15 is 0 Å². The van der Waals surface area contributed by atoms with E-state index in [0.717, 1.165) is 18.2 Å². The first-order valence-electron chi connectivity index (χ1n) is 6.40. The quantitative estimate of drug-likeness (QED) is 0.537. The number of carbonyl (C=O) groups is 2. The zero-order valence-electron chi connectivity index (χ0n) is 12.1. The Kier molecular flexibility index (Phi) is 6.77.